The Morgan fingerprint density at radius 3 is 2.48 bits per heavy atom. The van der Waals surface area contributed by atoms with Crippen molar-refractivity contribution in [3.8, 4) is 11.3 Å². The van der Waals surface area contributed by atoms with Gasteiger partial charge in [-0.05, 0) is 25.0 Å². The standard InChI is InChI=1S/C17H19N3O2S/c1-11(21)18-14-8-6-12(7-9-14)15-10-23-17(19-15)20-16(22)13-4-2-3-5-13/h6-10,13H,2-5H2,1H3,(H,18,21)(H,19,20,22). The molecule has 1 aliphatic rings. The van der Waals surface area contributed by atoms with Gasteiger partial charge in [-0.15, -0.1) is 11.3 Å². The van der Waals surface area contributed by atoms with Crippen molar-refractivity contribution in [3.63, 3.8) is 0 Å². The summed E-state index contributed by atoms with van der Waals surface area (Å²) in [4.78, 5) is 27.6. The minimum Gasteiger partial charge on any atom is -0.326 e. The van der Waals surface area contributed by atoms with Crippen molar-refractivity contribution in [1.82, 2.24) is 4.98 Å². The summed E-state index contributed by atoms with van der Waals surface area (Å²) < 4.78 is 0. The Bertz CT molecular complexity index is 703. The van der Waals surface area contributed by atoms with Crippen LogP contribution in [-0.4, -0.2) is 16.8 Å². The van der Waals surface area contributed by atoms with Crippen LogP contribution in [0.5, 0.6) is 0 Å². The highest BCUT2D eigenvalue weighted by atomic mass is 32.1. The fraction of sp³-hybridized carbons (Fsp3) is 0.353. The molecule has 1 fully saturated rings. The van der Waals surface area contributed by atoms with Crippen LogP contribution in [0.2, 0.25) is 0 Å². The first-order valence-corrected chi connectivity index (χ1v) is 8.64. The van der Waals surface area contributed by atoms with Gasteiger partial charge in [0, 0.05) is 29.5 Å². The number of hydrogen-bond acceptors (Lipinski definition) is 4. The molecular weight excluding hydrogens is 310 g/mol. The van der Waals surface area contributed by atoms with E-state index >= 15 is 0 Å². The van der Waals surface area contributed by atoms with E-state index in [4.69, 9.17) is 0 Å². The third-order valence-electron chi connectivity index (χ3n) is 3.96. The summed E-state index contributed by atoms with van der Waals surface area (Å²) in [5.74, 6) is 0.131. The molecule has 0 saturated heterocycles. The van der Waals surface area contributed by atoms with Gasteiger partial charge in [0.2, 0.25) is 11.8 Å². The molecule has 5 nitrogen and oxygen atoms in total. The van der Waals surface area contributed by atoms with Gasteiger partial charge < -0.3 is 10.6 Å². The lowest BCUT2D eigenvalue weighted by molar-refractivity contribution is -0.119. The van der Waals surface area contributed by atoms with Crippen LogP contribution in [-0.2, 0) is 9.59 Å². The summed E-state index contributed by atoms with van der Waals surface area (Å²) in [7, 11) is 0. The number of anilines is 2. The number of amides is 2. The number of nitrogens with one attached hydrogen (secondary N) is 2. The molecule has 1 aromatic carbocycles. The summed E-state index contributed by atoms with van der Waals surface area (Å²) in [5.41, 5.74) is 2.54. The molecule has 1 heterocycles. The van der Waals surface area contributed by atoms with E-state index in [0.717, 1.165) is 42.6 Å². The van der Waals surface area contributed by atoms with Crippen LogP contribution in [0.15, 0.2) is 29.6 Å². The van der Waals surface area contributed by atoms with Crippen molar-refractivity contribution in [1.29, 1.82) is 0 Å². The van der Waals surface area contributed by atoms with E-state index < -0.39 is 0 Å². The molecule has 2 aromatic rings. The van der Waals surface area contributed by atoms with Crippen LogP contribution < -0.4 is 10.6 Å². The summed E-state index contributed by atoms with van der Waals surface area (Å²) in [6, 6.07) is 7.49. The topological polar surface area (TPSA) is 71.1 Å². The Hall–Kier alpha value is -2.21. The summed E-state index contributed by atoms with van der Waals surface area (Å²) in [6.45, 7) is 1.48. The SMILES string of the molecule is CC(=O)Nc1ccc(-c2csc(NC(=O)C3CCCC3)n2)cc1. The van der Waals surface area contributed by atoms with Crippen molar-refractivity contribution in [2.75, 3.05) is 10.6 Å². The minimum atomic E-state index is -0.0941. The van der Waals surface area contributed by atoms with Gasteiger partial charge in [0.1, 0.15) is 0 Å². The number of carbonyl (C=O) groups is 2. The van der Waals surface area contributed by atoms with Gasteiger partial charge in [0.15, 0.2) is 5.13 Å². The van der Waals surface area contributed by atoms with Gasteiger partial charge in [-0.1, -0.05) is 25.0 Å². The molecule has 0 atom stereocenters. The zero-order valence-corrected chi connectivity index (χ0v) is 13.8. The number of benzene rings is 1. The summed E-state index contributed by atoms with van der Waals surface area (Å²) in [6.07, 6.45) is 4.24. The fourth-order valence-electron chi connectivity index (χ4n) is 2.79. The van der Waals surface area contributed by atoms with E-state index in [0.29, 0.717) is 5.13 Å². The smallest absolute Gasteiger partial charge is 0.229 e. The van der Waals surface area contributed by atoms with Crippen LogP contribution >= 0.6 is 11.3 Å². The highest BCUT2D eigenvalue weighted by molar-refractivity contribution is 7.14. The van der Waals surface area contributed by atoms with Crippen LogP contribution in [0.4, 0.5) is 10.8 Å². The average molecular weight is 329 g/mol. The van der Waals surface area contributed by atoms with E-state index in [9.17, 15) is 9.59 Å². The Morgan fingerprint density at radius 1 is 1.13 bits per heavy atom. The van der Waals surface area contributed by atoms with Gasteiger partial charge in [-0.3, -0.25) is 9.59 Å². The molecule has 1 aliphatic carbocycles. The Kier molecular flexibility index (Phi) is 4.71. The number of rotatable bonds is 4. The highest BCUT2D eigenvalue weighted by Crippen LogP contribution is 2.29. The summed E-state index contributed by atoms with van der Waals surface area (Å²) >= 11 is 1.43. The molecule has 1 aromatic heterocycles. The largest absolute Gasteiger partial charge is 0.326 e. The molecule has 2 N–H and O–H groups in total. The lowest BCUT2D eigenvalue weighted by Gasteiger charge is -2.07. The van der Waals surface area contributed by atoms with Gasteiger partial charge in [-0.2, -0.15) is 0 Å². The maximum absolute atomic E-state index is 12.1. The number of aromatic nitrogens is 1. The van der Waals surface area contributed by atoms with Crippen LogP contribution in [0, 0.1) is 5.92 Å². The molecular formula is C17H19N3O2S. The van der Waals surface area contributed by atoms with Crippen LogP contribution in [0.1, 0.15) is 32.6 Å². The zero-order valence-electron chi connectivity index (χ0n) is 13.0. The van der Waals surface area contributed by atoms with Crippen molar-refractivity contribution in [2.24, 2.45) is 5.92 Å². The lowest BCUT2D eigenvalue weighted by atomic mass is 10.1. The molecule has 23 heavy (non-hydrogen) atoms. The monoisotopic (exact) mass is 329 g/mol. The second-order valence-electron chi connectivity index (χ2n) is 5.77. The zero-order chi connectivity index (χ0) is 16.2. The third kappa shape index (κ3) is 3.96. The molecule has 6 heteroatoms. The van der Waals surface area contributed by atoms with Crippen LogP contribution in [0.3, 0.4) is 0 Å². The lowest BCUT2D eigenvalue weighted by Crippen LogP contribution is -2.20. The Balaban J connectivity index is 1.66. The molecule has 0 aliphatic heterocycles. The maximum Gasteiger partial charge on any atom is 0.229 e. The number of carbonyl (C=O) groups excluding carboxylic acids is 2. The number of hydrogen-bond donors (Lipinski definition) is 2. The minimum absolute atomic E-state index is 0.0874. The third-order valence-corrected chi connectivity index (χ3v) is 4.72. The number of nitrogens with zero attached hydrogens (tertiary/aromatic N) is 1. The molecule has 0 bridgehead atoms. The summed E-state index contributed by atoms with van der Waals surface area (Å²) in [5, 5.41) is 8.22. The average Bonchev–Trinajstić information content (AvgIpc) is 3.18. The normalized spacial score (nSPS) is 14.7. The van der Waals surface area contributed by atoms with Crippen molar-refractivity contribution < 1.29 is 9.59 Å². The van der Waals surface area contributed by atoms with E-state index in [-0.39, 0.29) is 17.7 Å². The van der Waals surface area contributed by atoms with E-state index in [1.165, 1.54) is 18.3 Å². The second-order valence-corrected chi connectivity index (χ2v) is 6.63. The predicted octanol–water partition coefficient (Wildman–Crippen LogP) is 3.90. The second kappa shape index (κ2) is 6.91. The molecule has 0 spiro atoms. The Labute approximate surface area is 139 Å². The van der Waals surface area contributed by atoms with E-state index in [2.05, 4.69) is 15.6 Å². The van der Waals surface area contributed by atoms with Gasteiger partial charge in [0.25, 0.3) is 0 Å². The Morgan fingerprint density at radius 2 is 1.83 bits per heavy atom. The predicted molar refractivity (Wildman–Crippen MR) is 92.4 cm³/mol. The molecule has 1 saturated carbocycles. The molecule has 3 rings (SSSR count). The first-order chi connectivity index (χ1) is 11.1. The van der Waals surface area contributed by atoms with Crippen molar-refractivity contribution >= 4 is 34.0 Å². The van der Waals surface area contributed by atoms with E-state index in [1.54, 1.807) is 0 Å². The first-order valence-electron chi connectivity index (χ1n) is 7.76. The highest BCUT2D eigenvalue weighted by Gasteiger charge is 2.23. The molecule has 120 valence electrons. The van der Waals surface area contributed by atoms with Crippen molar-refractivity contribution in [3.05, 3.63) is 29.6 Å². The molecule has 0 radical (unpaired) electrons. The van der Waals surface area contributed by atoms with Gasteiger partial charge in [-0.25, -0.2) is 4.98 Å². The quantitative estimate of drug-likeness (QED) is 0.893. The van der Waals surface area contributed by atoms with Gasteiger partial charge in [0.05, 0.1) is 5.69 Å². The maximum atomic E-state index is 12.1. The first kappa shape index (κ1) is 15.7. The van der Waals surface area contributed by atoms with Crippen LogP contribution in [0.25, 0.3) is 11.3 Å². The van der Waals surface area contributed by atoms with E-state index in [1.807, 2.05) is 29.6 Å². The molecule has 2 amide bonds. The van der Waals surface area contributed by atoms with Gasteiger partial charge >= 0.3 is 0 Å². The molecule has 0 unspecified atom stereocenters. The van der Waals surface area contributed by atoms with Crippen molar-refractivity contribution in [2.45, 2.75) is 32.6 Å². The fourth-order valence-corrected chi connectivity index (χ4v) is 3.51. The number of thiazole rings is 1.